The predicted molar refractivity (Wildman–Crippen MR) is 86.5 cm³/mol. The first-order valence-electron chi connectivity index (χ1n) is 7.33. The highest BCUT2D eigenvalue weighted by molar-refractivity contribution is 5.95. The Kier molecular flexibility index (Phi) is 4.76. The molecule has 0 radical (unpaired) electrons. The molecule has 8 nitrogen and oxygen atoms in total. The average Bonchev–Trinajstić information content (AvgIpc) is 3.15. The fourth-order valence-electron chi connectivity index (χ4n) is 2.30. The Morgan fingerprint density at radius 1 is 1.29 bits per heavy atom. The molecule has 3 rings (SSSR count). The van der Waals surface area contributed by atoms with Crippen LogP contribution in [-0.2, 0) is 11.2 Å². The highest BCUT2D eigenvalue weighted by atomic mass is 16.5. The average molecular weight is 324 g/mol. The lowest BCUT2D eigenvalue weighted by atomic mass is 9.98. The third-order valence-corrected chi connectivity index (χ3v) is 3.52. The second-order valence-electron chi connectivity index (χ2n) is 5.10. The molecule has 1 aromatic carbocycles. The number of nitrogens with zero attached hydrogens (tertiary/aromatic N) is 4. The van der Waals surface area contributed by atoms with Crippen LogP contribution in [0.4, 0.5) is 5.69 Å². The van der Waals surface area contributed by atoms with Crippen molar-refractivity contribution in [3.63, 3.8) is 0 Å². The lowest BCUT2D eigenvalue weighted by Crippen LogP contribution is -2.24. The summed E-state index contributed by atoms with van der Waals surface area (Å²) >= 11 is 0. The predicted octanol–water partition coefficient (Wildman–Crippen LogP) is 1.57. The molecule has 0 fully saturated rings. The Labute approximate surface area is 138 Å². The lowest BCUT2D eigenvalue weighted by Gasteiger charge is -2.14. The number of carbonyl (C=O) groups is 1. The van der Waals surface area contributed by atoms with Gasteiger partial charge < -0.3 is 10.1 Å². The molecule has 0 aliphatic carbocycles. The van der Waals surface area contributed by atoms with E-state index in [0.29, 0.717) is 23.7 Å². The van der Waals surface area contributed by atoms with Crippen LogP contribution in [0.5, 0.6) is 5.75 Å². The topological polar surface area (TPSA) is 106 Å². The number of H-pyrrole nitrogens is 1. The summed E-state index contributed by atoms with van der Waals surface area (Å²) in [6.45, 7) is 0. The van der Waals surface area contributed by atoms with Gasteiger partial charge in [0.05, 0.1) is 7.11 Å². The zero-order valence-electron chi connectivity index (χ0n) is 13.0. The number of tetrazole rings is 1. The lowest BCUT2D eigenvalue weighted by molar-refractivity contribution is -0.117. The SMILES string of the molecule is COc1cccc(NC(=O)C(Cc2ccncc2)c2nn[nH]n2)c1. The van der Waals surface area contributed by atoms with Crippen LogP contribution in [-0.4, -0.2) is 38.6 Å². The Hall–Kier alpha value is -3.29. The number of hydrogen-bond acceptors (Lipinski definition) is 6. The second kappa shape index (κ2) is 7.32. The van der Waals surface area contributed by atoms with Crippen molar-refractivity contribution in [1.29, 1.82) is 0 Å². The first-order valence-corrected chi connectivity index (χ1v) is 7.33. The summed E-state index contributed by atoms with van der Waals surface area (Å²) in [5.74, 6) is 0.212. The van der Waals surface area contributed by atoms with E-state index in [4.69, 9.17) is 4.74 Å². The van der Waals surface area contributed by atoms with Gasteiger partial charge in [-0.1, -0.05) is 11.3 Å². The van der Waals surface area contributed by atoms with E-state index in [2.05, 4.69) is 30.9 Å². The Bertz CT molecular complexity index is 791. The number of amides is 1. The summed E-state index contributed by atoms with van der Waals surface area (Å²) in [4.78, 5) is 16.7. The van der Waals surface area contributed by atoms with E-state index >= 15 is 0 Å². The van der Waals surface area contributed by atoms with E-state index in [1.165, 1.54) is 0 Å². The molecule has 2 heterocycles. The van der Waals surface area contributed by atoms with E-state index in [0.717, 1.165) is 5.56 Å². The van der Waals surface area contributed by atoms with Crippen LogP contribution in [0, 0.1) is 0 Å². The maximum absolute atomic E-state index is 12.7. The van der Waals surface area contributed by atoms with Crippen molar-refractivity contribution in [2.75, 3.05) is 12.4 Å². The van der Waals surface area contributed by atoms with E-state index < -0.39 is 5.92 Å². The molecule has 0 saturated carbocycles. The quantitative estimate of drug-likeness (QED) is 0.713. The summed E-state index contributed by atoms with van der Waals surface area (Å²) in [6.07, 6.45) is 3.81. The van der Waals surface area contributed by atoms with Crippen molar-refractivity contribution in [2.45, 2.75) is 12.3 Å². The first kappa shape index (κ1) is 15.6. The molecule has 3 aromatic rings. The van der Waals surface area contributed by atoms with Crippen molar-refractivity contribution >= 4 is 11.6 Å². The van der Waals surface area contributed by atoms with Gasteiger partial charge >= 0.3 is 0 Å². The second-order valence-corrected chi connectivity index (χ2v) is 5.10. The third-order valence-electron chi connectivity index (χ3n) is 3.52. The minimum absolute atomic E-state index is 0.221. The van der Waals surface area contributed by atoms with Crippen molar-refractivity contribution in [3.8, 4) is 5.75 Å². The number of methoxy groups -OCH3 is 1. The minimum atomic E-state index is -0.572. The Balaban J connectivity index is 1.81. The van der Waals surface area contributed by atoms with Gasteiger partial charge in [0.2, 0.25) is 5.91 Å². The number of benzene rings is 1. The number of pyridine rings is 1. The number of aromatic nitrogens is 5. The van der Waals surface area contributed by atoms with Crippen LogP contribution in [0.1, 0.15) is 17.3 Å². The van der Waals surface area contributed by atoms with Gasteiger partial charge in [-0.3, -0.25) is 9.78 Å². The molecule has 1 atom stereocenters. The number of carbonyl (C=O) groups excluding carboxylic acids is 1. The normalized spacial score (nSPS) is 11.7. The smallest absolute Gasteiger partial charge is 0.235 e. The largest absolute Gasteiger partial charge is 0.497 e. The van der Waals surface area contributed by atoms with Crippen molar-refractivity contribution in [1.82, 2.24) is 25.6 Å². The van der Waals surface area contributed by atoms with Gasteiger partial charge in [0.25, 0.3) is 0 Å². The molecular formula is C16H16N6O2. The minimum Gasteiger partial charge on any atom is -0.497 e. The van der Waals surface area contributed by atoms with Crippen molar-refractivity contribution in [3.05, 3.63) is 60.2 Å². The molecule has 0 saturated heterocycles. The zero-order chi connectivity index (χ0) is 16.8. The van der Waals surface area contributed by atoms with Crippen LogP contribution in [0.2, 0.25) is 0 Å². The van der Waals surface area contributed by atoms with Gasteiger partial charge in [-0.25, -0.2) is 0 Å². The summed E-state index contributed by atoms with van der Waals surface area (Å²) < 4.78 is 5.17. The highest BCUT2D eigenvalue weighted by Gasteiger charge is 2.25. The molecular weight excluding hydrogens is 308 g/mol. The van der Waals surface area contributed by atoms with E-state index in [9.17, 15) is 4.79 Å². The van der Waals surface area contributed by atoms with E-state index in [-0.39, 0.29) is 5.91 Å². The zero-order valence-corrected chi connectivity index (χ0v) is 13.0. The van der Waals surface area contributed by atoms with Gasteiger partial charge in [-0.05, 0) is 36.2 Å². The summed E-state index contributed by atoms with van der Waals surface area (Å²) in [7, 11) is 1.58. The van der Waals surface area contributed by atoms with Gasteiger partial charge in [0, 0.05) is 24.1 Å². The van der Waals surface area contributed by atoms with Crippen LogP contribution in [0.15, 0.2) is 48.8 Å². The maximum Gasteiger partial charge on any atom is 0.235 e. The number of nitrogens with one attached hydrogen (secondary N) is 2. The summed E-state index contributed by atoms with van der Waals surface area (Å²) in [5.41, 5.74) is 1.60. The number of rotatable bonds is 6. The van der Waals surface area contributed by atoms with Crippen LogP contribution >= 0.6 is 0 Å². The maximum atomic E-state index is 12.7. The Morgan fingerprint density at radius 3 is 2.83 bits per heavy atom. The van der Waals surface area contributed by atoms with Crippen LogP contribution in [0.3, 0.4) is 0 Å². The van der Waals surface area contributed by atoms with E-state index in [1.54, 1.807) is 37.7 Å². The number of hydrogen-bond donors (Lipinski definition) is 2. The summed E-state index contributed by atoms with van der Waals surface area (Å²) in [6, 6.07) is 10.9. The first-order chi connectivity index (χ1) is 11.8. The fourth-order valence-corrected chi connectivity index (χ4v) is 2.30. The molecule has 2 aromatic heterocycles. The molecule has 24 heavy (non-hydrogen) atoms. The van der Waals surface area contributed by atoms with Crippen molar-refractivity contribution < 1.29 is 9.53 Å². The van der Waals surface area contributed by atoms with Crippen LogP contribution in [0.25, 0.3) is 0 Å². The van der Waals surface area contributed by atoms with Gasteiger partial charge in [0.15, 0.2) is 5.82 Å². The standard InChI is InChI=1S/C16H16N6O2/c1-24-13-4-2-3-12(10-13)18-16(23)14(15-19-21-22-20-15)9-11-5-7-17-8-6-11/h2-8,10,14H,9H2,1H3,(H,18,23)(H,19,20,21,22). The summed E-state index contributed by atoms with van der Waals surface area (Å²) in [5, 5.41) is 16.7. The monoisotopic (exact) mass is 324 g/mol. The van der Waals surface area contributed by atoms with Crippen molar-refractivity contribution in [2.24, 2.45) is 0 Å². The molecule has 0 aliphatic heterocycles. The fraction of sp³-hybridized carbons (Fsp3) is 0.188. The van der Waals surface area contributed by atoms with E-state index in [1.807, 2.05) is 18.2 Å². The third kappa shape index (κ3) is 3.72. The molecule has 0 aliphatic rings. The molecule has 8 heteroatoms. The molecule has 1 amide bonds. The number of ether oxygens (including phenoxy) is 1. The van der Waals surface area contributed by atoms with Gasteiger partial charge in [-0.15, -0.1) is 10.2 Å². The Morgan fingerprint density at radius 2 is 2.12 bits per heavy atom. The van der Waals surface area contributed by atoms with Gasteiger partial charge in [0.1, 0.15) is 11.7 Å². The van der Waals surface area contributed by atoms with Gasteiger partial charge in [-0.2, -0.15) is 5.21 Å². The number of aromatic amines is 1. The molecule has 1 unspecified atom stereocenters. The van der Waals surface area contributed by atoms with Crippen LogP contribution < -0.4 is 10.1 Å². The molecule has 122 valence electrons. The molecule has 0 spiro atoms. The number of anilines is 1. The molecule has 2 N–H and O–H groups in total. The highest BCUT2D eigenvalue weighted by Crippen LogP contribution is 2.21. The molecule has 0 bridgehead atoms.